The number of nitrogens with one attached hydrogen (secondary N) is 1. The molecule has 3 nitrogen and oxygen atoms in total. The molecule has 0 saturated carbocycles. The largest absolute Gasteiger partial charge is 0.324 e. The maximum atomic E-state index is 8.41. The topological polar surface area (TPSA) is 61.8 Å². The van der Waals surface area contributed by atoms with E-state index in [4.69, 9.17) is 11.1 Å². The minimum absolute atomic E-state index is 0.886. The molecule has 0 aliphatic rings. The third kappa shape index (κ3) is 1.91. The van der Waals surface area contributed by atoms with Crippen LogP contribution in [0.2, 0.25) is 0 Å². The summed E-state index contributed by atoms with van der Waals surface area (Å²) in [7, 11) is 0. The van der Waals surface area contributed by atoms with E-state index in [1.807, 2.05) is 30.5 Å². The van der Waals surface area contributed by atoms with E-state index in [0.29, 0.717) is 0 Å². The van der Waals surface area contributed by atoms with Gasteiger partial charge in [-0.2, -0.15) is 5.26 Å². The first-order valence-electron chi connectivity index (χ1n) is 3.41. The van der Waals surface area contributed by atoms with E-state index in [2.05, 4.69) is 5.43 Å². The molecule has 0 radical (unpaired) electrons. The van der Waals surface area contributed by atoms with Crippen molar-refractivity contribution in [3.63, 3.8) is 0 Å². The van der Waals surface area contributed by atoms with Crippen molar-refractivity contribution in [1.82, 2.24) is 0 Å². The zero-order valence-electron chi connectivity index (χ0n) is 6.66. The Kier molecular flexibility index (Phi) is 2.97. The number of benzene rings is 1. The van der Waals surface area contributed by atoms with Crippen molar-refractivity contribution in [2.45, 2.75) is 11.8 Å². The fourth-order valence-electron chi connectivity index (χ4n) is 0.914. The molecular weight excluding hydrogens is 170 g/mol. The summed E-state index contributed by atoms with van der Waals surface area (Å²) in [5, 5.41) is 10.4. The summed E-state index contributed by atoms with van der Waals surface area (Å²) >= 11 is 1.15. The number of hydrazine groups is 1. The fourth-order valence-corrected chi connectivity index (χ4v) is 1.39. The van der Waals surface area contributed by atoms with Crippen LogP contribution in [0.3, 0.4) is 0 Å². The molecule has 0 saturated heterocycles. The second-order valence-electron chi connectivity index (χ2n) is 2.31. The lowest BCUT2D eigenvalue weighted by atomic mass is 10.2. The number of nitrogen functional groups attached to an aromatic ring is 1. The molecule has 1 aromatic carbocycles. The van der Waals surface area contributed by atoms with Crippen LogP contribution in [0.5, 0.6) is 0 Å². The molecule has 0 amide bonds. The highest BCUT2D eigenvalue weighted by Gasteiger charge is 1.97. The lowest BCUT2D eigenvalue weighted by molar-refractivity contribution is 1.28. The van der Waals surface area contributed by atoms with E-state index in [0.717, 1.165) is 27.9 Å². The smallest absolute Gasteiger partial charge is 0.138 e. The Morgan fingerprint density at radius 3 is 2.83 bits per heavy atom. The van der Waals surface area contributed by atoms with Crippen molar-refractivity contribution < 1.29 is 0 Å². The van der Waals surface area contributed by atoms with Gasteiger partial charge < -0.3 is 5.43 Å². The molecule has 0 spiro atoms. The Bertz CT molecular complexity index is 317. The lowest BCUT2D eigenvalue weighted by Gasteiger charge is -2.04. The van der Waals surface area contributed by atoms with Crippen molar-refractivity contribution in [3.05, 3.63) is 23.8 Å². The Morgan fingerprint density at radius 2 is 2.33 bits per heavy atom. The summed E-state index contributed by atoms with van der Waals surface area (Å²) in [5.74, 6) is 5.25. The van der Waals surface area contributed by atoms with Gasteiger partial charge in [-0.05, 0) is 42.4 Å². The quantitative estimate of drug-likeness (QED) is 0.315. The van der Waals surface area contributed by atoms with Crippen LogP contribution in [-0.4, -0.2) is 0 Å². The maximum Gasteiger partial charge on any atom is 0.138 e. The van der Waals surface area contributed by atoms with E-state index in [9.17, 15) is 0 Å². The summed E-state index contributed by atoms with van der Waals surface area (Å²) < 4.78 is 0. The van der Waals surface area contributed by atoms with Gasteiger partial charge in [-0.1, -0.05) is 0 Å². The number of nitriles is 1. The molecule has 0 aliphatic heterocycles. The van der Waals surface area contributed by atoms with E-state index in [-0.39, 0.29) is 0 Å². The van der Waals surface area contributed by atoms with Gasteiger partial charge in [0, 0.05) is 4.90 Å². The molecule has 1 rings (SSSR count). The fraction of sp³-hybridized carbons (Fsp3) is 0.125. The van der Waals surface area contributed by atoms with Gasteiger partial charge in [-0.25, -0.2) is 0 Å². The highest BCUT2D eigenvalue weighted by atomic mass is 32.2. The molecule has 1 aromatic rings. The number of thiocyanates is 1. The number of anilines is 1. The first-order valence-corrected chi connectivity index (χ1v) is 4.23. The third-order valence-corrected chi connectivity index (χ3v) is 2.10. The number of nitrogens with zero attached hydrogens (tertiary/aromatic N) is 1. The zero-order chi connectivity index (χ0) is 8.97. The molecule has 62 valence electrons. The number of nitrogens with two attached hydrogens (primary N) is 1. The molecule has 3 N–H and O–H groups in total. The average molecular weight is 179 g/mol. The van der Waals surface area contributed by atoms with Crippen molar-refractivity contribution >= 4 is 17.4 Å². The standard InChI is InChI=1S/C8H9N3S/c1-6-4-7(12-5-9)2-3-8(6)11-10/h2-4,11H,10H2,1H3. The highest BCUT2D eigenvalue weighted by molar-refractivity contribution is 8.03. The number of rotatable bonds is 2. The van der Waals surface area contributed by atoms with Crippen LogP contribution in [0.4, 0.5) is 5.69 Å². The van der Waals surface area contributed by atoms with Gasteiger partial charge in [-0.15, -0.1) is 0 Å². The van der Waals surface area contributed by atoms with Gasteiger partial charge >= 0.3 is 0 Å². The van der Waals surface area contributed by atoms with Gasteiger partial charge in [0.15, 0.2) is 0 Å². The van der Waals surface area contributed by atoms with Crippen LogP contribution >= 0.6 is 11.8 Å². The lowest BCUT2D eigenvalue weighted by Crippen LogP contribution is -2.07. The molecule has 0 bridgehead atoms. The Hall–Kier alpha value is -1.18. The predicted molar refractivity (Wildman–Crippen MR) is 50.5 cm³/mol. The van der Waals surface area contributed by atoms with E-state index in [1.54, 1.807) is 0 Å². The SMILES string of the molecule is Cc1cc(SC#N)ccc1NN. The highest BCUT2D eigenvalue weighted by Crippen LogP contribution is 2.22. The van der Waals surface area contributed by atoms with Crippen LogP contribution in [-0.2, 0) is 0 Å². The van der Waals surface area contributed by atoms with Gasteiger partial charge in [0.05, 0.1) is 5.69 Å². The molecule has 0 heterocycles. The minimum Gasteiger partial charge on any atom is -0.324 e. The summed E-state index contributed by atoms with van der Waals surface area (Å²) in [6.45, 7) is 1.94. The molecule has 0 unspecified atom stereocenters. The molecule has 12 heavy (non-hydrogen) atoms. The number of hydrogen-bond donors (Lipinski definition) is 2. The molecule has 0 aliphatic carbocycles. The van der Waals surface area contributed by atoms with Crippen LogP contribution in [0.1, 0.15) is 5.56 Å². The van der Waals surface area contributed by atoms with Crippen molar-refractivity contribution in [1.29, 1.82) is 5.26 Å². The molecular formula is C8H9N3S. The van der Waals surface area contributed by atoms with Crippen LogP contribution in [0.25, 0.3) is 0 Å². The summed E-state index contributed by atoms with van der Waals surface area (Å²) in [6, 6.07) is 5.63. The van der Waals surface area contributed by atoms with E-state index in [1.165, 1.54) is 0 Å². The number of aryl methyl sites for hydroxylation is 1. The van der Waals surface area contributed by atoms with E-state index < -0.39 is 0 Å². The molecule has 0 atom stereocenters. The third-order valence-electron chi connectivity index (χ3n) is 1.52. The zero-order valence-corrected chi connectivity index (χ0v) is 7.48. The summed E-state index contributed by atoms with van der Waals surface area (Å²) in [4.78, 5) is 0.939. The van der Waals surface area contributed by atoms with Gasteiger partial charge in [-0.3, -0.25) is 5.84 Å². The van der Waals surface area contributed by atoms with Gasteiger partial charge in [0.2, 0.25) is 0 Å². The second-order valence-corrected chi connectivity index (χ2v) is 3.17. The Labute approximate surface area is 75.5 Å². The Balaban J connectivity index is 2.95. The second kappa shape index (κ2) is 4.00. The van der Waals surface area contributed by atoms with Crippen LogP contribution in [0, 0.1) is 17.6 Å². The van der Waals surface area contributed by atoms with Crippen LogP contribution < -0.4 is 11.3 Å². The number of thioether (sulfide) groups is 1. The summed E-state index contributed by atoms with van der Waals surface area (Å²) in [6.07, 6.45) is 0. The predicted octanol–water partition coefficient (Wildman–Crippen LogP) is 1.85. The van der Waals surface area contributed by atoms with E-state index >= 15 is 0 Å². The molecule has 0 fully saturated rings. The summed E-state index contributed by atoms with van der Waals surface area (Å²) in [5.41, 5.74) is 4.50. The normalized spacial score (nSPS) is 9.08. The van der Waals surface area contributed by atoms with Gasteiger partial charge in [0.1, 0.15) is 5.40 Å². The molecule has 4 heteroatoms. The molecule has 0 aromatic heterocycles. The number of hydrogen-bond acceptors (Lipinski definition) is 4. The Morgan fingerprint density at radius 1 is 1.58 bits per heavy atom. The maximum absolute atomic E-state index is 8.41. The van der Waals surface area contributed by atoms with Crippen molar-refractivity contribution in [2.24, 2.45) is 5.84 Å². The van der Waals surface area contributed by atoms with Crippen LogP contribution in [0.15, 0.2) is 23.1 Å². The first-order chi connectivity index (χ1) is 5.77. The average Bonchev–Trinajstić information content (AvgIpc) is 2.05. The minimum atomic E-state index is 0.886. The van der Waals surface area contributed by atoms with Crippen molar-refractivity contribution in [2.75, 3.05) is 5.43 Å². The van der Waals surface area contributed by atoms with Gasteiger partial charge in [0.25, 0.3) is 0 Å². The first kappa shape index (κ1) is 8.91. The monoisotopic (exact) mass is 179 g/mol. The van der Waals surface area contributed by atoms with Crippen molar-refractivity contribution in [3.8, 4) is 5.40 Å².